The first-order valence-electron chi connectivity index (χ1n) is 13.2. The number of hydrogen-bond donors (Lipinski definition) is 3. The Labute approximate surface area is 244 Å². The molecule has 0 unspecified atom stereocenters. The second kappa shape index (κ2) is 11.7. The first kappa shape index (κ1) is 28.9. The Kier molecular flexibility index (Phi) is 8.04. The Balaban J connectivity index is 1.54. The summed E-state index contributed by atoms with van der Waals surface area (Å²) in [6.45, 7) is 2.01. The predicted octanol–water partition coefficient (Wildman–Crippen LogP) is 8.54. The maximum Gasteiger partial charge on any atom is 0.416 e. The molecule has 0 aliphatic rings. The molecular formula is C32H25ClF3N3O3. The molecule has 3 N–H and O–H groups in total. The van der Waals surface area contributed by atoms with E-state index in [1.165, 1.54) is 24.3 Å². The Morgan fingerprint density at radius 1 is 0.952 bits per heavy atom. The van der Waals surface area contributed by atoms with E-state index >= 15 is 0 Å². The molecule has 0 aliphatic heterocycles. The molecule has 0 fully saturated rings. The van der Waals surface area contributed by atoms with Crippen LogP contribution in [0, 0.1) is 0 Å². The van der Waals surface area contributed by atoms with Gasteiger partial charge < -0.3 is 15.4 Å². The number of alkyl halides is 3. The number of aromatic carboxylic acids is 1. The highest BCUT2D eigenvalue weighted by Crippen LogP contribution is 2.37. The molecule has 4 aromatic carbocycles. The van der Waals surface area contributed by atoms with Crippen LogP contribution in [0.2, 0.25) is 5.02 Å². The Bertz CT molecular complexity index is 1780. The third kappa shape index (κ3) is 6.01. The maximum absolute atomic E-state index is 13.2. The first-order chi connectivity index (χ1) is 20.0. The second-order valence-electron chi connectivity index (χ2n) is 9.80. The average molecular weight is 592 g/mol. The summed E-state index contributed by atoms with van der Waals surface area (Å²) in [6, 6.07) is 21.6. The third-order valence-electron chi connectivity index (χ3n) is 6.93. The van der Waals surface area contributed by atoms with Crippen LogP contribution in [0.5, 0.6) is 0 Å². The van der Waals surface area contributed by atoms with Gasteiger partial charge in [0.2, 0.25) is 0 Å². The summed E-state index contributed by atoms with van der Waals surface area (Å²) in [5.74, 6) is -1.45. The summed E-state index contributed by atoms with van der Waals surface area (Å²) < 4.78 is 39.7. The van der Waals surface area contributed by atoms with E-state index in [0.717, 1.165) is 24.1 Å². The van der Waals surface area contributed by atoms with Gasteiger partial charge in [-0.05, 0) is 71.6 Å². The molecule has 0 bridgehead atoms. The molecule has 0 saturated heterocycles. The lowest BCUT2D eigenvalue weighted by molar-refractivity contribution is -0.137. The number of nitrogens with one attached hydrogen (secondary N) is 2. The van der Waals surface area contributed by atoms with Crippen molar-refractivity contribution in [2.75, 3.05) is 0 Å². The second-order valence-corrected chi connectivity index (χ2v) is 10.2. The van der Waals surface area contributed by atoms with E-state index in [1.54, 1.807) is 18.2 Å². The average Bonchev–Trinajstić information content (AvgIpc) is 3.40. The summed E-state index contributed by atoms with van der Waals surface area (Å²) in [7, 11) is 0. The van der Waals surface area contributed by atoms with Gasteiger partial charge in [0, 0.05) is 16.1 Å². The number of aromatic nitrogens is 2. The van der Waals surface area contributed by atoms with Gasteiger partial charge in [-0.25, -0.2) is 9.78 Å². The predicted molar refractivity (Wildman–Crippen MR) is 155 cm³/mol. The van der Waals surface area contributed by atoms with Crippen molar-refractivity contribution in [1.29, 1.82) is 0 Å². The number of carbonyl (C=O) groups is 2. The van der Waals surface area contributed by atoms with Crippen LogP contribution in [0.15, 0.2) is 84.9 Å². The standard InChI is InChI=1S/C32H25ClF3N3O3/c1-2-6-26(18-7-4-3-5-8-18)39-30(40)19-9-12-22(25(15-19)31(41)42)24-17-21(33)11-13-23(24)29-37-27-14-10-20(32(34,35)36)16-28(27)38-29/h3-5,7-17,26H,2,6H2,1H3,(H,37,38)(H,39,40)(H,41,42)/t26-/m1/s1. The van der Waals surface area contributed by atoms with E-state index in [1.807, 2.05) is 37.3 Å². The summed E-state index contributed by atoms with van der Waals surface area (Å²) >= 11 is 6.30. The van der Waals surface area contributed by atoms with Crippen LogP contribution in [-0.2, 0) is 6.18 Å². The van der Waals surface area contributed by atoms with Gasteiger partial charge >= 0.3 is 12.1 Å². The minimum absolute atomic E-state index is 0.103. The Morgan fingerprint density at radius 3 is 2.38 bits per heavy atom. The van der Waals surface area contributed by atoms with Gasteiger partial charge in [-0.2, -0.15) is 13.2 Å². The third-order valence-corrected chi connectivity index (χ3v) is 7.17. The number of nitrogens with zero attached hydrogens (tertiary/aromatic N) is 1. The fourth-order valence-corrected chi connectivity index (χ4v) is 5.06. The molecule has 1 amide bonds. The van der Waals surface area contributed by atoms with E-state index in [9.17, 15) is 27.9 Å². The number of carboxylic acids is 1. The number of halogens is 4. The number of benzene rings is 4. The number of aromatic amines is 1. The van der Waals surface area contributed by atoms with Crippen molar-refractivity contribution in [2.24, 2.45) is 0 Å². The van der Waals surface area contributed by atoms with E-state index < -0.39 is 23.6 Å². The molecule has 1 atom stereocenters. The van der Waals surface area contributed by atoms with Gasteiger partial charge in [0.05, 0.1) is 28.2 Å². The van der Waals surface area contributed by atoms with Crippen molar-refractivity contribution < 1.29 is 27.9 Å². The minimum Gasteiger partial charge on any atom is -0.478 e. The Morgan fingerprint density at radius 2 is 1.69 bits per heavy atom. The van der Waals surface area contributed by atoms with Crippen LogP contribution in [0.3, 0.4) is 0 Å². The van der Waals surface area contributed by atoms with Crippen molar-refractivity contribution in [3.63, 3.8) is 0 Å². The molecule has 214 valence electrons. The monoisotopic (exact) mass is 591 g/mol. The number of carboxylic acid groups (broad SMARTS) is 1. The van der Waals surface area contributed by atoms with Crippen LogP contribution in [0.4, 0.5) is 13.2 Å². The van der Waals surface area contributed by atoms with E-state index in [4.69, 9.17) is 11.6 Å². The van der Waals surface area contributed by atoms with Gasteiger partial charge in [0.1, 0.15) is 5.82 Å². The molecule has 5 aromatic rings. The number of rotatable bonds is 8. The summed E-state index contributed by atoms with van der Waals surface area (Å²) in [6.07, 6.45) is -3.00. The van der Waals surface area contributed by atoms with E-state index in [2.05, 4.69) is 15.3 Å². The minimum atomic E-state index is -4.53. The van der Waals surface area contributed by atoms with Gasteiger partial charge in [0.25, 0.3) is 5.91 Å². The molecule has 0 aliphatic carbocycles. The molecule has 6 nitrogen and oxygen atoms in total. The zero-order valence-corrected chi connectivity index (χ0v) is 23.1. The van der Waals surface area contributed by atoms with Crippen molar-refractivity contribution >= 4 is 34.5 Å². The molecule has 0 spiro atoms. The molecule has 10 heteroatoms. The van der Waals surface area contributed by atoms with Gasteiger partial charge in [-0.3, -0.25) is 4.79 Å². The lowest BCUT2D eigenvalue weighted by atomic mass is 9.93. The number of hydrogen-bond acceptors (Lipinski definition) is 3. The normalized spacial score (nSPS) is 12.3. The summed E-state index contributed by atoms with van der Waals surface area (Å²) in [5.41, 5.74) is 1.69. The summed E-state index contributed by atoms with van der Waals surface area (Å²) in [5, 5.41) is 13.5. The van der Waals surface area contributed by atoms with Crippen LogP contribution in [-0.4, -0.2) is 27.0 Å². The highest BCUT2D eigenvalue weighted by Gasteiger charge is 2.31. The number of carbonyl (C=O) groups excluding carboxylic acids is 1. The largest absolute Gasteiger partial charge is 0.478 e. The summed E-state index contributed by atoms with van der Waals surface area (Å²) in [4.78, 5) is 33.0. The fourth-order valence-electron chi connectivity index (χ4n) is 4.89. The van der Waals surface area contributed by atoms with Crippen LogP contribution in [0.25, 0.3) is 33.5 Å². The first-order valence-corrected chi connectivity index (χ1v) is 13.5. The van der Waals surface area contributed by atoms with Crippen LogP contribution in [0.1, 0.15) is 57.7 Å². The molecule has 1 heterocycles. The Hall–Kier alpha value is -4.63. The van der Waals surface area contributed by atoms with Crippen molar-refractivity contribution in [3.05, 3.63) is 112 Å². The number of amides is 1. The van der Waals surface area contributed by atoms with E-state index in [-0.39, 0.29) is 34.1 Å². The number of fused-ring (bicyclic) bond motifs is 1. The molecule has 0 saturated carbocycles. The maximum atomic E-state index is 13.2. The molecule has 1 aromatic heterocycles. The smallest absolute Gasteiger partial charge is 0.416 e. The number of H-pyrrole nitrogens is 1. The van der Waals surface area contributed by atoms with E-state index in [0.29, 0.717) is 28.1 Å². The van der Waals surface area contributed by atoms with Gasteiger partial charge in [-0.1, -0.05) is 61.3 Å². The van der Waals surface area contributed by atoms with Crippen molar-refractivity contribution in [3.8, 4) is 22.5 Å². The van der Waals surface area contributed by atoms with Gasteiger partial charge in [-0.15, -0.1) is 0 Å². The number of imidazole rings is 1. The molecule has 0 radical (unpaired) electrons. The van der Waals surface area contributed by atoms with Crippen molar-refractivity contribution in [2.45, 2.75) is 32.0 Å². The highest BCUT2D eigenvalue weighted by molar-refractivity contribution is 6.31. The zero-order valence-electron chi connectivity index (χ0n) is 22.3. The SMILES string of the molecule is CCC[C@@H](NC(=O)c1ccc(-c2cc(Cl)ccc2-c2nc3cc(C(F)(F)F)ccc3[nH]2)c(C(=O)O)c1)c1ccccc1. The van der Waals surface area contributed by atoms with Gasteiger partial charge in [0.15, 0.2) is 0 Å². The molecule has 42 heavy (non-hydrogen) atoms. The molecular weight excluding hydrogens is 567 g/mol. The topological polar surface area (TPSA) is 95.1 Å². The zero-order chi connectivity index (χ0) is 30.0. The highest BCUT2D eigenvalue weighted by atomic mass is 35.5. The quantitative estimate of drug-likeness (QED) is 0.168. The van der Waals surface area contributed by atoms with Crippen LogP contribution < -0.4 is 5.32 Å². The fraction of sp³-hybridized carbons (Fsp3) is 0.156. The lowest BCUT2D eigenvalue weighted by Gasteiger charge is -2.19. The molecule has 5 rings (SSSR count). The van der Waals surface area contributed by atoms with Crippen molar-refractivity contribution in [1.82, 2.24) is 15.3 Å². The lowest BCUT2D eigenvalue weighted by Crippen LogP contribution is -2.28. The van der Waals surface area contributed by atoms with Crippen LogP contribution >= 0.6 is 11.6 Å².